The maximum absolute atomic E-state index is 12.0. The van der Waals surface area contributed by atoms with Crippen molar-refractivity contribution in [2.75, 3.05) is 0 Å². The Balaban J connectivity index is 3.17. The fraction of sp³-hybridized carbons (Fsp3) is 0. The van der Waals surface area contributed by atoms with E-state index in [0.29, 0.717) is 12.1 Å². The smallest absolute Gasteiger partial charge is 0.128 e. The van der Waals surface area contributed by atoms with Crippen LogP contribution in [0.4, 0.5) is 13.2 Å². The van der Waals surface area contributed by atoms with Crippen molar-refractivity contribution in [2.45, 2.75) is 0 Å². The average molecular weight is 148 g/mol. The summed E-state index contributed by atoms with van der Waals surface area (Å²) in [5.41, 5.74) is -1.38. The lowest BCUT2D eigenvalue weighted by atomic mass is 10.5. The molecule has 1 rings (SSSR count). The highest BCUT2D eigenvalue weighted by atomic mass is 28.2. The Morgan fingerprint density at radius 2 is 1.44 bits per heavy atom. The lowest BCUT2D eigenvalue weighted by molar-refractivity contribution is 0.572. The van der Waals surface area contributed by atoms with Crippen LogP contribution in [0.3, 0.4) is 0 Å². The van der Waals surface area contributed by atoms with Crippen LogP contribution >= 0.6 is 0 Å². The summed E-state index contributed by atoms with van der Waals surface area (Å²) in [4.78, 5) is 0. The Morgan fingerprint density at radius 1 is 1.00 bits per heavy atom. The van der Waals surface area contributed by atoms with Gasteiger partial charge in [-0.05, 0) is 0 Å². The van der Waals surface area contributed by atoms with E-state index in [-0.39, 0.29) is 0 Å². The summed E-state index contributed by atoms with van der Waals surface area (Å²) in [6.07, 6.45) is 0. The minimum absolute atomic E-state index is 0.687. The van der Waals surface area contributed by atoms with E-state index >= 15 is 0 Å². The summed E-state index contributed by atoms with van der Waals surface area (Å²) in [5.74, 6) is -0.844. The van der Waals surface area contributed by atoms with E-state index in [0.717, 1.165) is 0 Å². The molecule has 1 aromatic heterocycles. The minimum Gasteiger partial charge on any atom is -0.213 e. The van der Waals surface area contributed by atoms with Gasteiger partial charge in [0.2, 0.25) is 0 Å². The van der Waals surface area contributed by atoms with Gasteiger partial charge in [-0.15, -0.1) is 0 Å². The lowest BCUT2D eigenvalue weighted by Crippen LogP contribution is -1.89. The molecule has 0 aliphatic rings. The Bertz CT molecular complexity index is 173. The first-order valence-corrected chi connectivity index (χ1v) is 3.45. The maximum Gasteiger partial charge on any atom is 0.128 e. The zero-order valence-corrected chi connectivity index (χ0v) is 5.52. The van der Waals surface area contributed by atoms with E-state index < -0.39 is 25.8 Å². The largest absolute Gasteiger partial charge is 0.213 e. The van der Waals surface area contributed by atoms with E-state index in [1.807, 2.05) is 0 Å². The Labute approximate surface area is 52.1 Å². The molecule has 1 heterocycles. The summed E-state index contributed by atoms with van der Waals surface area (Å²) in [5, 5.41) is 0. The molecule has 0 aliphatic heterocycles. The average Bonchev–Trinajstić information content (AvgIpc) is 1.59. The standard InChI is InChI=1S/C5H3F3Si/c6-3-1-4(7)9-5(8)2-3/h1-2,9H. The number of halogens is 3. The van der Waals surface area contributed by atoms with Crippen LogP contribution in [0.5, 0.6) is 0 Å². The van der Waals surface area contributed by atoms with Gasteiger partial charge in [-0.1, -0.05) is 0 Å². The molecule has 0 saturated heterocycles. The van der Waals surface area contributed by atoms with E-state index in [9.17, 15) is 13.2 Å². The van der Waals surface area contributed by atoms with Gasteiger partial charge in [0, 0.05) is 12.1 Å². The molecule has 1 aromatic rings. The van der Waals surface area contributed by atoms with Crippen LogP contribution in [0, 0.1) is 16.7 Å². The molecule has 0 atom stereocenters. The Kier molecular flexibility index (Phi) is 1.66. The predicted molar refractivity (Wildman–Crippen MR) is 29.1 cm³/mol. The van der Waals surface area contributed by atoms with Crippen molar-refractivity contribution in [1.82, 2.24) is 0 Å². The second-order valence-corrected chi connectivity index (χ2v) is 2.98. The van der Waals surface area contributed by atoms with E-state index in [1.54, 1.807) is 0 Å². The van der Waals surface area contributed by atoms with E-state index in [1.165, 1.54) is 0 Å². The summed E-state index contributed by atoms with van der Waals surface area (Å²) in [6, 6.07) is 1.41. The zero-order chi connectivity index (χ0) is 6.85. The van der Waals surface area contributed by atoms with Crippen LogP contribution in [0.2, 0.25) is 0 Å². The molecule has 0 aromatic carbocycles. The fourth-order valence-electron chi connectivity index (χ4n) is 0.520. The summed E-state index contributed by atoms with van der Waals surface area (Å²) < 4.78 is 36.1. The summed E-state index contributed by atoms with van der Waals surface area (Å²) in [6.45, 7) is 0. The normalized spacial score (nSPS) is 9.67. The molecule has 0 radical (unpaired) electrons. The van der Waals surface area contributed by atoms with E-state index in [4.69, 9.17) is 0 Å². The molecule has 0 saturated carbocycles. The van der Waals surface area contributed by atoms with Gasteiger partial charge in [0.15, 0.2) is 0 Å². The predicted octanol–water partition coefficient (Wildman–Crippen LogP) is 1.17. The number of hydrogen-bond acceptors (Lipinski definition) is 0. The molecule has 48 valence electrons. The number of hydrogen-bond donors (Lipinski definition) is 0. The molecule has 0 nitrogen and oxygen atoms in total. The molecule has 0 amide bonds. The van der Waals surface area contributed by atoms with Crippen LogP contribution in [0.1, 0.15) is 0 Å². The third kappa shape index (κ3) is 1.64. The van der Waals surface area contributed by atoms with Crippen molar-refractivity contribution in [1.29, 1.82) is 0 Å². The molecule has 0 N–H and O–H groups in total. The van der Waals surface area contributed by atoms with Gasteiger partial charge < -0.3 is 0 Å². The third-order valence-electron chi connectivity index (χ3n) is 0.827. The molecule has 9 heavy (non-hydrogen) atoms. The zero-order valence-electron chi connectivity index (χ0n) is 4.37. The lowest BCUT2D eigenvalue weighted by Gasteiger charge is -1.88. The second kappa shape index (κ2) is 2.30. The molecular weight excluding hydrogens is 145 g/mol. The van der Waals surface area contributed by atoms with Crippen LogP contribution in [-0.4, -0.2) is 9.12 Å². The van der Waals surface area contributed by atoms with Gasteiger partial charge in [0.05, 0.1) is 0 Å². The van der Waals surface area contributed by atoms with Gasteiger partial charge in [0.1, 0.15) is 25.8 Å². The van der Waals surface area contributed by atoms with Crippen molar-refractivity contribution in [3.8, 4) is 0 Å². The van der Waals surface area contributed by atoms with Gasteiger partial charge in [-0.25, -0.2) is 13.2 Å². The Morgan fingerprint density at radius 3 is 1.78 bits per heavy atom. The Hall–Kier alpha value is -0.643. The van der Waals surface area contributed by atoms with Crippen molar-refractivity contribution in [3.63, 3.8) is 0 Å². The second-order valence-electron chi connectivity index (χ2n) is 1.59. The highest BCUT2D eigenvalue weighted by molar-refractivity contribution is 6.28. The van der Waals surface area contributed by atoms with Gasteiger partial charge >= 0.3 is 0 Å². The maximum atomic E-state index is 12.0. The first-order chi connectivity index (χ1) is 4.18. The van der Waals surface area contributed by atoms with Gasteiger partial charge in [-0.3, -0.25) is 0 Å². The van der Waals surface area contributed by atoms with E-state index in [2.05, 4.69) is 0 Å². The quantitative estimate of drug-likeness (QED) is 0.484. The number of rotatable bonds is 0. The molecule has 0 unspecified atom stereocenters. The SMILES string of the molecule is Fc1cc(F)[siH]c(F)c1. The monoisotopic (exact) mass is 148 g/mol. The van der Waals surface area contributed by atoms with Crippen LogP contribution < -0.4 is 0 Å². The summed E-state index contributed by atoms with van der Waals surface area (Å²) in [7, 11) is -1.09. The molecule has 0 bridgehead atoms. The highest BCUT2D eigenvalue weighted by Gasteiger charge is 1.97. The molecule has 4 heteroatoms. The van der Waals surface area contributed by atoms with Crippen LogP contribution in [0.15, 0.2) is 12.1 Å². The van der Waals surface area contributed by atoms with Crippen molar-refractivity contribution >= 4 is 9.12 Å². The third-order valence-corrected chi connectivity index (χ3v) is 1.71. The van der Waals surface area contributed by atoms with Crippen molar-refractivity contribution in [2.24, 2.45) is 0 Å². The fourth-order valence-corrected chi connectivity index (χ4v) is 1.27. The van der Waals surface area contributed by atoms with Crippen molar-refractivity contribution < 1.29 is 13.2 Å². The van der Waals surface area contributed by atoms with Crippen LogP contribution in [-0.2, 0) is 0 Å². The van der Waals surface area contributed by atoms with Crippen molar-refractivity contribution in [3.05, 3.63) is 28.8 Å². The molecule has 0 aliphatic carbocycles. The topological polar surface area (TPSA) is 0 Å². The molecule has 0 spiro atoms. The van der Waals surface area contributed by atoms with Gasteiger partial charge in [-0.2, -0.15) is 0 Å². The summed E-state index contributed by atoms with van der Waals surface area (Å²) >= 11 is 0. The highest BCUT2D eigenvalue weighted by Crippen LogP contribution is 1.99. The van der Waals surface area contributed by atoms with Gasteiger partial charge in [0.25, 0.3) is 0 Å². The molecule has 0 fully saturated rings. The first-order valence-electron chi connectivity index (χ1n) is 2.30. The molecular formula is C5H3F3Si. The van der Waals surface area contributed by atoms with Crippen LogP contribution in [0.25, 0.3) is 0 Å². The first kappa shape index (κ1) is 6.48. The minimum atomic E-state index is -1.09.